The molecule has 2 aromatic heterocycles. The summed E-state index contributed by atoms with van der Waals surface area (Å²) in [6, 6.07) is 9.15. The zero-order chi connectivity index (χ0) is 20.1. The second-order valence-electron chi connectivity index (χ2n) is 5.91. The first kappa shape index (κ1) is 19.2. The predicted molar refractivity (Wildman–Crippen MR) is 97.6 cm³/mol. The fourth-order valence-corrected chi connectivity index (χ4v) is 2.61. The van der Waals surface area contributed by atoms with Crippen LogP contribution in [-0.2, 0) is 20.9 Å². The zero-order valence-electron chi connectivity index (χ0n) is 15.4. The molecule has 3 rings (SSSR count). The minimum absolute atomic E-state index is 0.0110. The van der Waals surface area contributed by atoms with E-state index in [0.29, 0.717) is 16.5 Å². The number of ether oxygens (including phenoxy) is 2. The number of nitrogens with one attached hydrogen (secondary N) is 1. The average molecular weight is 385 g/mol. The van der Waals surface area contributed by atoms with E-state index in [2.05, 4.69) is 5.32 Å². The topological polar surface area (TPSA) is 108 Å². The molecule has 146 valence electrons. The van der Waals surface area contributed by atoms with E-state index in [4.69, 9.17) is 18.3 Å². The molecule has 0 aliphatic heterocycles. The molecule has 2 heterocycles. The Morgan fingerprint density at radius 1 is 1.11 bits per heavy atom. The molecule has 0 radical (unpaired) electrons. The van der Waals surface area contributed by atoms with Gasteiger partial charge in [-0.25, -0.2) is 9.59 Å². The quantitative estimate of drug-likeness (QED) is 0.623. The molecule has 1 atom stereocenters. The number of rotatable bonds is 7. The zero-order valence-corrected chi connectivity index (χ0v) is 15.4. The molecule has 0 bridgehead atoms. The molecule has 0 spiro atoms. The van der Waals surface area contributed by atoms with Gasteiger partial charge in [0.25, 0.3) is 5.91 Å². The fraction of sp³-hybridized carbons (Fsp3) is 0.250. The van der Waals surface area contributed by atoms with Crippen LogP contribution in [0.15, 0.2) is 51.5 Å². The number of fused-ring (bicyclic) bond motifs is 1. The number of amides is 1. The van der Waals surface area contributed by atoms with Crippen LogP contribution in [-0.4, -0.2) is 30.5 Å². The molecule has 3 aromatic rings. The van der Waals surface area contributed by atoms with E-state index < -0.39 is 23.9 Å². The fourth-order valence-electron chi connectivity index (χ4n) is 2.61. The van der Waals surface area contributed by atoms with Crippen LogP contribution in [0, 0.1) is 0 Å². The summed E-state index contributed by atoms with van der Waals surface area (Å²) in [5, 5.41) is 3.13. The number of hydrogen-bond acceptors (Lipinski definition) is 7. The van der Waals surface area contributed by atoms with Gasteiger partial charge in [0.1, 0.15) is 18.2 Å². The molecule has 0 saturated heterocycles. The molecule has 1 amide bonds. The maximum atomic E-state index is 12.3. The lowest BCUT2D eigenvalue weighted by atomic mass is 10.1. The van der Waals surface area contributed by atoms with Crippen molar-refractivity contribution in [2.45, 2.75) is 26.5 Å². The monoisotopic (exact) mass is 385 g/mol. The Bertz CT molecular complexity index is 987. The lowest BCUT2D eigenvalue weighted by Gasteiger charge is -2.12. The van der Waals surface area contributed by atoms with Gasteiger partial charge in [-0.3, -0.25) is 4.79 Å². The van der Waals surface area contributed by atoms with Crippen molar-refractivity contribution in [2.75, 3.05) is 6.61 Å². The third-order valence-electron chi connectivity index (χ3n) is 3.96. The molecular formula is C20H19NO7. The van der Waals surface area contributed by atoms with Gasteiger partial charge in [-0.1, -0.05) is 18.2 Å². The summed E-state index contributed by atoms with van der Waals surface area (Å²) in [4.78, 5) is 36.4. The van der Waals surface area contributed by atoms with Crippen molar-refractivity contribution in [2.24, 2.45) is 0 Å². The van der Waals surface area contributed by atoms with Crippen LogP contribution in [0.1, 0.15) is 40.5 Å². The SMILES string of the molecule is CCOC(=O)c1oc2ccccc2c1COC(=O)C(C)NC(=O)c1ccco1. The van der Waals surface area contributed by atoms with E-state index in [1.165, 1.54) is 19.3 Å². The minimum atomic E-state index is -0.915. The number of hydrogen-bond donors (Lipinski definition) is 1. The van der Waals surface area contributed by atoms with Gasteiger partial charge < -0.3 is 23.6 Å². The van der Waals surface area contributed by atoms with Crippen LogP contribution >= 0.6 is 0 Å². The number of esters is 2. The molecule has 0 aliphatic rings. The highest BCUT2D eigenvalue weighted by Crippen LogP contribution is 2.27. The highest BCUT2D eigenvalue weighted by Gasteiger charge is 2.24. The summed E-state index contributed by atoms with van der Waals surface area (Å²) >= 11 is 0. The minimum Gasteiger partial charge on any atom is -0.460 e. The summed E-state index contributed by atoms with van der Waals surface area (Å²) < 4.78 is 20.8. The van der Waals surface area contributed by atoms with Gasteiger partial charge in [-0.15, -0.1) is 0 Å². The van der Waals surface area contributed by atoms with E-state index >= 15 is 0 Å². The van der Waals surface area contributed by atoms with E-state index in [1.54, 1.807) is 37.3 Å². The van der Waals surface area contributed by atoms with E-state index in [0.717, 1.165) is 0 Å². The number of furan rings is 2. The predicted octanol–water partition coefficient (Wildman–Crippen LogP) is 3.06. The van der Waals surface area contributed by atoms with Crippen LogP contribution in [0.3, 0.4) is 0 Å². The van der Waals surface area contributed by atoms with Crippen LogP contribution in [0.4, 0.5) is 0 Å². The van der Waals surface area contributed by atoms with Crippen molar-refractivity contribution in [3.05, 3.63) is 59.7 Å². The van der Waals surface area contributed by atoms with Crippen molar-refractivity contribution in [3.8, 4) is 0 Å². The van der Waals surface area contributed by atoms with Crippen LogP contribution in [0.2, 0.25) is 0 Å². The second-order valence-corrected chi connectivity index (χ2v) is 5.91. The maximum Gasteiger partial charge on any atom is 0.374 e. The largest absolute Gasteiger partial charge is 0.460 e. The van der Waals surface area contributed by atoms with Crippen molar-refractivity contribution in [3.63, 3.8) is 0 Å². The Labute approximate surface area is 160 Å². The molecule has 1 N–H and O–H groups in total. The molecule has 1 aromatic carbocycles. The number of benzene rings is 1. The molecule has 0 saturated carbocycles. The van der Waals surface area contributed by atoms with E-state index in [-0.39, 0.29) is 24.7 Å². The van der Waals surface area contributed by atoms with Gasteiger partial charge in [-0.05, 0) is 32.0 Å². The Morgan fingerprint density at radius 2 is 1.89 bits per heavy atom. The normalized spacial score (nSPS) is 11.8. The Balaban J connectivity index is 1.71. The summed E-state index contributed by atoms with van der Waals surface area (Å²) in [7, 11) is 0. The first-order valence-corrected chi connectivity index (χ1v) is 8.69. The first-order chi connectivity index (χ1) is 13.5. The molecule has 28 heavy (non-hydrogen) atoms. The number of para-hydroxylation sites is 1. The Hall–Kier alpha value is -3.55. The smallest absolute Gasteiger partial charge is 0.374 e. The van der Waals surface area contributed by atoms with Gasteiger partial charge in [0.05, 0.1) is 18.4 Å². The molecule has 1 unspecified atom stereocenters. The van der Waals surface area contributed by atoms with Crippen LogP contribution < -0.4 is 5.32 Å². The van der Waals surface area contributed by atoms with Gasteiger partial charge in [0, 0.05) is 5.39 Å². The average Bonchev–Trinajstić information content (AvgIpc) is 3.34. The highest BCUT2D eigenvalue weighted by atomic mass is 16.5. The lowest BCUT2D eigenvalue weighted by molar-refractivity contribution is -0.146. The third kappa shape index (κ3) is 4.06. The molecule has 8 nitrogen and oxygen atoms in total. The molecule has 8 heteroatoms. The summed E-state index contributed by atoms with van der Waals surface area (Å²) in [6.07, 6.45) is 1.36. The first-order valence-electron chi connectivity index (χ1n) is 8.69. The standard InChI is InChI=1S/C20H19NO7/c1-3-25-20(24)17-14(13-7-4-5-8-15(13)28-17)11-27-19(23)12(2)21-18(22)16-9-6-10-26-16/h4-10,12H,3,11H2,1-2H3,(H,21,22). The van der Waals surface area contributed by atoms with Gasteiger partial charge >= 0.3 is 11.9 Å². The summed E-state index contributed by atoms with van der Waals surface area (Å²) in [6.45, 7) is 3.16. The molecule has 0 aliphatic carbocycles. The number of carbonyl (C=O) groups excluding carboxylic acids is 3. The maximum absolute atomic E-state index is 12.3. The van der Waals surface area contributed by atoms with Gasteiger partial charge in [0.2, 0.25) is 5.76 Å². The highest BCUT2D eigenvalue weighted by molar-refractivity contribution is 5.96. The van der Waals surface area contributed by atoms with Crippen molar-refractivity contribution < 1.29 is 32.7 Å². The molecule has 0 fully saturated rings. The van der Waals surface area contributed by atoms with Crippen LogP contribution in [0.5, 0.6) is 0 Å². The van der Waals surface area contributed by atoms with Crippen molar-refractivity contribution in [1.29, 1.82) is 0 Å². The van der Waals surface area contributed by atoms with E-state index in [1.807, 2.05) is 0 Å². The third-order valence-corrected chi connectivity index (χ3v) is 3.96. The Kier molecular flexibility index (Phi) is 5.78. The second kappa shape index (κ2) is 8.43. The summed E-state index contributed by atoms with van der Waals surface area (Å²) in [5.74, 6) is -1.76. The van der Waals surface area contributed by atoms with Gasteiger partial charge in [-0.2, -0.15) is 0 Å². The summed E-state index contributed by atoms with van der Waals surface area (Å²) in [5.41, 5.74) is 0.891. The Morgan fingerprint density at radius 3 is 2.61 bits per heavy atom. The van der Waals surface area contributed by atoms with Crippen LogP contribution in [0.25, 0.3) is 11.0 Å². The van der Waals surface area contributed by atoms with Crippen molar-refractivity contribution >= 4 is 28.8 Å². The molecular weight excluding hydrogens is 366 g/mol. The van der Waals surface area contributed by atoms with Crippen molar-refractivity contribution in [1.82, 2.24) is 5.32 Å². The lowest BCUT2D eigenvalue weighted by Crippen LogP contribution is -2.39. The van der Waals surface area contributed by atoms with Gasteiger partial charge in [0.15, 0.2) is 5.76 Å². The van der Waals surface area contributed by atoms with E-state index in [9.17, 15) is 14.4 Å². The number of carbonyl (C=O) groups is 3.